The molecular formula is C15H19FO3. The van der Waals surface area contributed by atoms with Crippen LogP contribution in [-0.4, -0.2) is 17.7 Å². The number of aliphatic carboxylic acids is 1. The van der Waals surface area contributed by atoms with Crippen LogP contribution < -0.4 is 4.74 Å². The van der Waals surface area contributed by atoms with Gasteiger partial charge in [-0.25, -0.2) is 9.18 Å². The second-order valence-electron chi connectivity index (χ2n) is 4.35. The zero-order chi connectivity index (χ0) is 14.3. The summed E-state index contributed by atoms with van der Waals surface area (Å²) in [6, 6.07) is 4.42. The minimum Gasteiger partial charge on any atom is -0.490 e. The van der Waals surface area contributed by atoms with Crippen molar-refractivity contribution in [2.75, 3.05) is 6.61 Å². The fraction of sp³-hybridized carbons (Fsp3) is 0.400. The van der Waals surface area contributed by atoms with Crippen LogP contribution in [0.1, 0.15) is 32.3 Å². The van der Waals surface area contributed by atoms with E-state index in [2.05, 4.69) is 13.8 Å². The number of benzene rings is 1. The quantitative estimate of drug-likeness (QED) is 0.765. The van der Waals surface area contributed by atoms with E-state index in [9.17, 15) is 9.18 Å². The Labute approximate surface area is 112 Å². The highest BCUT2D eigenvalue weighted by Gasteiger charge is 2.08. The SMILES string of the molecule is CCC(CC)COc1ccc(/C=C/C(=O)O)cc1F. The molecule has 0 bridgehead atoms. The molecule has 0 radical (unpaired) electrons. The van der Waals surface area contributed by atoms with Gasteiger partial charge >= 0.3 is 5.97 Å². The number of carboxylic acid groups (broad SMARTS) is 1. The van der Waals surface area contributed by atoms with Gasteiger partial charge in [0.15, 0.2) is 11.6 Å². The van der Waals surface area contributed by atoms with Crippen molar-refractivity contribution < 1.29 is 19.0 Å². The summed E-state index contributed by atoms with van der Waals surface area (Å²) in [4.78, 5) is 10.4. The monoisotopic (exact) mass is 266 g/mol. The van der Waals surface area contributed by atoms with Crippen LogP contribution >= 0.6 is 0 Å². The Morgan fingerprint density at radius 2 is 2.11 bits per heavy atom. The molecule has 0 saturated heterocycles. The maximum Gasteiger partial charge on any atom is 0.328 e. The molecule has 104 valence electrons. The van der Waals surface area contributed by atoms with Crippen molar-refractivity contribution in [3.05, 3.63) is 35.7 Å². The van der Waals surface area contributed by atoms with Gasteiger partial charge in [0.2, 0.25) is 0 Å². The van der Waals surface area contributed by atoms with Gasteiger partial charge in [-0.1, -0.05) is 32.8 Å². The molecule has 1 aromatic carbocycles. The summed E-state index contributed by atoms with van der Waals surface area (Å²) in [6.45, 7) is 4.65. The lowest BCUT2D eigenvalue weighted by Gasteiger charge is -2.14. The van der Waals surface area contributed by atoms with Crippen molar-refractivity contribution >= 4 is 12.0 Å². The Hall–Kier alpha value is -1.84. The van der Waals surface area contributed by atoms with Crippen LogP contribution in [0.4, 0.5) is 4.39 Å². The van der Waals surface area contributed by atoms with E-state index in [0.29, 0.717) is 18.1 Å². The molecule has 0 unspecified atom stereocenters. The van der Waals surface area contributed by atoms with E-state index >= 15 is 0 Å². The van der Waals surface area contributed by atoms with Crippen LogP contribution in [0.25, 0.3) is 6.08 Å². The van der Waals surface area contributed by atoms with Crippen LogP contribution in [0.15, 0.2) is 24.3 Å². The Bertz CT molecular complexity index is 451. The van der Waals surface area contributed by atoms with E-state index in [1.165, 1.54) is 18.2 Å². The van der Waals surface area contributed by atoms with Gasteiger partial charge in [0, 0.05) is 6.08 Å². The number of carbonyl (C=O) groups is 1. The highest BCUT2D eigenvalue weighted by atomic mass is 19.1. The number of carboxylic acids is 1. The summed E-state index contributed by atoms with van der Waals surface area (Å²) in [5.74, 6) is -0.904. The first kappa shape index (κ1) is 15.2. The molecular weight excluding hydrogens is 247 g/mol. The standard InChI is InChI=1S/C15H19FO3/c1-3-11(4-2)10-19-14-7-5-12(9-13(14)16)6-8-15(17)18/h5-9,11H,3-4,10H2,1-2H3,(H,17,18)/b8-6+. The lowest BCUT2D eigenvalue weighted by molar-refractivity contribution is -0.131. The normalized spacial score (nSPS) is 11.2. The van der Waals surface area contributed by atoms with Gasteiger partial charge in [-0.3, -0.25) is 0 Å². The smallest absolute Gasteiger partial charge is 0.328 e. The molecule has 1 aromatic rings. The summed E-state index contributed by atoms with van der Waals surface area (Å²) in [5, 5.41) is 8.49. The topological polar surface area (TPSA) is 46.5 Å². The third kappa shape index (κ3) is 5.12. The van der Waals surface area contributed by atoms with Crippen LogP contribution in [0.2, 0.25) is 0 Å². The third-order valence-electron chi connectivity index (χ3n) is 3.00. The lowest BCUT2D eigenvalue weighted by Crippen LogP contribution is -2.10. The van der Waals surface area contributed by atoms with Gasteiger partial charge in [-0.2, -0.15) is 0 Å². The number of halogens is 1. The maximum absolute atomic E-state index is 13.7. The average Bonchev–Trinajstić information content (AvgIpc) is 2.39. The molecule has 0 heterocycles. The first-order valence-corrected chi connectivity index (χ1v) is 6.40. The summed E-state index contributed by atoms with van der Waals surface area (Å²) in [5.41, 5.74) is 0.495. The minimum atomic E-state index is -1.06. The molecule has 0 aromatic heterocycles. The van der Waals surface area contributed by atoms with Crippen LogP contribution in [-0.2, 0) is 4.79 Å². The number of hydrogen-bond donors (Lipinski definition) is 1. The largest absolute Gasteiger partial charge is 0.490 e. The number of rotatable bonds is 7. The Kier molecular flexibility index (Phi) is 6.06. The lowest BCUT2D eigenvalue weighted by atomic mass is 10.1. The first-order chi connectivity index (χ1) is 9.06. The summed E-state index contributed by atoms with van der Waals surface area (Å²) < 4.78 is 19.2. The number of hydrogen-bond acceptors (Lipinski definition) is 2. The maximum atomic E-state index is 13.7. The molecule has 0 atom stereocenters. The molecule has 0 aliphatic rings. The van der Waals surface area contributed by atoms with Crippen molar-refractivity contribution in [3.8, 4) is 5.75 Å². The molecule has 3 nitrogen and oxygen atoms in total. The van der Waals surface area contributed by atoms with Crippen LogP contribution in [0, 0.1) is 11.7 Å². The van der Waals surface area contributed by atoms with Gasteiger partial charge in [-0.15, -0.1) is 0 Å². The minimum absolute atomic E-state index is 0.208. The summed E-state index contributed by atoms with van der Waals surface area (Å²) in [7, 11) is 0. The second-order valence-corrected chi connectivity index (χ2v) is 4.35. The third-order valence-corrected chi connectivity index (χ3v) is 3.00. The van der Waals surface area contributed by atoms with Crippen molar-refractivity contribution in [1.29, 1.82) is 0 Å². The predicted molar refractivity (Wildman–Crippen MR) is 72.6 cm³/mol. The van der Waals surface area contributed by atoms with Crippen molar-refractivity contribution in [2.24, 2.45) is 5.92 Å². The molecule has 0 aliphatic heterocycles. The van der Waals surface area contributed by atoms with Crippen LogP contribution in [0.5, 0.6) is 5.75 Å². The van der Waals surface area contributed by atoms with Crippen molar-refractivity contribution in [3.63, 3.8) is 0 Å². The molecule has 0 spiro atoms. The molecule has 19 heavy (non-hydrogen) atoms. The van der Waals surface area contributed by atoms with Gasteiger partial charge in [0.1, 0.15) is 0 Å². The van der Waals surface area contributed by atoms with E-state index in [0.717, 1.165) is 18.9 Å². The fourth-order valence-electron chi connectivity index (χ4n) is 1.64. The van der Waals surface area contributed by atoms with Gasteiger partial charge < -0.3 is 9.84 Å². The molecule has 0 amide bonds. The van der Waals surface area contributed by atoms with E-state index in [1.807, 2.05) is 0 Å². The average molecular weight is 266 g/mol. The van der Waals surface area contributed by atoms with E-state index in [4.69, 9.17) is 9.84 Å². The molecule has 1 rings (SSSR count). The zero-order valence-electron chi connectivity index (χ0n) is 11.2. The predicted octanol–water partition coefficient (Wildman–Crippen LogP) is 3.74. The Morgan fingerprint density at radius 1 is 1.42 bits per heavy atom. The second kappa shape index (κ2) is 7.56. The molecule has 4 heteroatoms. The Balaban J connectivity index is 2.69. The zero-order valence-corrected chi connectivity index (χ0v) is 11.2. The van der Waals surface area contributed by atoms with Gasteiger partial charge in [-0.05, 0) is 29.7 Å². The number of ether oxygens (including phenoxy) is 1. The van der Waals surface area contributed by atoms with E-state index in [-0.39, 0.29) is 5.75 Å². The highest BCUT2D eigenvalue weighted by Crippen LogP contribution is 2.20. The van der Waals surface area contributed by atoms with E-state index in [1.54, 1.807) is 6.07 Å². The molecule has 0 aliphatic carbocycles. The summed E-state index contributed by atoms with van der Waals surface area (Å²) >= 11 is 0. The van der Waals surface area contributed by atoms with Crippen LogP contribution in [0.3, 0.4) is 0 Å². The first-order valence-electron chi connectivity index (χ1n) is 6.40. The summed E-state index contributed by atoms with van der Waals surface area (Å²) in [6.07, 6.45) is 4.31. The molecule has 1 N–H and O–H groups in total. The van der Waals surface area contributed by atoms with Gasteiger partial charge in [0.05, 0.1) is 6.61 Å². The van der Waals surface area contributed by atoms with Gasteiger partial charge in [0.25, 0.3) is 0 Å². The Morgan fingerprint density at radius 3 is 2.63 bits per heavy atom. The fourth-order valence-corrected chi connectivity index (χ4v) is 1.64. The van der Waals surface area contributed by atoms with Crippen molar-refractivity contribution in [1.82, 2.24) is 0 Å². The molecule has 0 saturated carbocycles. The van der Waals surface area contributed by atoms with Crippen molar-refractivity contribution in [2.45, 2.75) is 26.7 Å². The molecule has 0 fully saturated rings. The highest BCUT2D eigenvalue weighted by molar-refractivity contribution is 5.85. The van der Waals surface area contributed by atoms with E-state index < -0.39 is 11.8 Å².